The normalized spacial score (nSPS) is 13.4. The number of carbonyl (C=O) groups excluding carboxylic acids is 1. The molecule has 54 heavy (non-hydrogen) atoms. The monoisotopic (exact) mass is 960 g/mol. The number of hydrogen-bond donors (Lipinski definition) is 0. The number of aliphatic imine (C=N–C) groups is 1. The van der Waals surface area contributed by atoms with Crippen LogP contribution in [0.15, 0.2) is 151 Å². The summed E-state index contributed by atoms with van der Waals surface area (Å²) in [6.07, 6.45) is 1.77. The van der Waals surface area contributed by atoms with Crippen molar-refractivity contribution in [1.29, 1.82) is 0 Å². The van der Waals surface area contributed by atoms with E-state index in [-0.39, 0.29) is 84.3 Å². The molecule has 0 bridgehead atoms. The summed E-state index contributed by atoms with van der Waals surface area (Å²) >= 11 is 0. The van der Waals surface area contributed by atoms with Crippen LogP contribution in [0.5, 0.6) is 0 Å². The number of hydrogen-bond acceptors (Lipinski definition) is 3. The Morgan fingerprint density at radius 2 is 1.20 bits per heavy atom. The first-order chi connectivity index (χ1) is 22.4. The van der Waals surface area contributed by atoms with E-state index < -0.39 is 7.92 Å². The summed E-state index contributed by atoms with van der Waals surface area (Å²) in [5, 5.41) is 3.96. The number of carbonyl (C=O) groups is 1. The Hall–Kier alpha value is -3.57. The molecule has 2 aliphatic rings. The van der Waals surface area contributed by atoms with Gasteiger partial charge in [0.15, 0.2) is 0 Å². The van der Waals surface area contributed by atoms with Crippen molar-refractivity contribution in [1.82, 2.24) is 0 Å². The van der Waals surface area contributed by atoms with Crippen molar-refractivity contribution in [2.75, 3.05) is 0 Å². The zero-order valence-corrected chi connectivity index (χ0v) is 35.4. The van der Waals surface area contributed by atoms with E-state index in [0.717, 1.165) is 24.2 Å². The molecule has 0 N–H and O–H groups in total. The number of aldehydes is 1. The Morgan fingerprint density at radius 3 is 1.70 bits per heavy atom. The molecule has 0 amide bonds. The summed E-state index contributed by atoms with van der Waals surface area (Å²) in [5.74, 6) is 1.44. The number of ether oxygens (including phenoxy) is 1. The minimum absolute atomic E-state index is 0. The summed E-state index contributed by atoms with van der Waals surface area (Å²) in [7, 11) is -0.711. The molecule has 3 nitrogen and oxygen atoms in total. The van der Waals surface area contributed by atoms with Crippen molar-refractivity contribution in [3.63, 3.8) is 0 Å². The van der Waals surface area contributed by atoms with Gasteiger partial charge in [-0.25, -0.2) is 4.99 Å². The Labute approximate surface area is 346 Å². The number of aryl methyl sites for hydroxylation is 1. The number of fused-ring (bicyclic) bond motifs is 3. The van der Waals surface area contributed by atoms with Crippen LogP contribution in [0.25, 0.3) is 0 Å². The molecule has 5 aromatic carbocycles. The molecule has 0 saturated heterocycles. The first kappa shape index (κ1) is 57.2. The van der Waals surface area contributed by atoms with Crippen LogP contribution >= 0.6 is 7.92 Å². The number of benzene rings is 5. The maximum Gasteiger partial charge on any atom is 5.00 e. The second-order valence-electron chi connectivity index (χ2n) is 12.0. The van der Waals surface area contributed by atoms with Gasteiger partial charge in [-0.3, -0.25) is 4.79 Å². The SMILES string of the molecule is C=C(C)C=O.Cc1ccc(C(C)C)cc1.[F-].[F-].[F-].[F-].[F-].[F-].[Ru+].[Sb+5].c1ccc(P(c2ccccc2)c2ccccc2C2=N[C@H]3c4ccccc4C[C@H]3O2)cc1. The smallest absolute Gasteiger partial charge is 1.00 e. The first-order valence-electron chi connectivity index (χ1n) is 15.8. The summed E-state index contributed by atoms with van der Waals surface area (Å²) in [4.78, 5) is 14.5. The third-order valence-corrected chi connectivity index (χ3v) is 10.5. The molecule has 0 fully saturated rings. The van der Waals surface area contributed by atoms with Crippen LogP contribution in [-0.2, 0) is 35.4 Å². The van der Waals surface area contributed by atoms with E-state index in [2.05, 4.69) is 161 Å². The third-order valence-electron chi connectivity index (χ3n) is 8.02. The van der Waals surface area contributed by atoms with Gasteiger partial charge in [0, 0.05) is 12.0 Å². The third kappa shape index (κ3) is 14.6. The molecule has 7 rings (SSSR count). The van der Waals surface area contributed by atoms with E-state index in [0.29, 0.717) is 11.5 Å². The average Bonchev–Trinajstić information content (AvgIpc) is 3.65. The second-order valence-corrected chi connectivity index (χ2v) is 14.2. The fourth-order valence-corrected chi connectivity index (χ4v) is 8.05. The quantitative estimate of drug-likeness (QED) is 0.0559. The van der Waals surface area contributed by atoms with Crippen molar-refractivity contribution in [3.8, 4) is 0 Å². The van der Waals surface area contributed by atoms with Gasteiger partial charge in [0.05, 0.1) is 0 Å². The molecule has 0 spiro atoms. The summed E-state index contributed by atoms with van der Waals surface area (Å²) < 4.78 is 6.48. The van der Waals surface area contributed by atoms with Gasteiger partial charge in [-0.05, 0) is 71.9 Å². The van der Waals surface area contributed by atoms with Crippen LogP contribution in [0.3, 0.4) is 0 Å². The fourth-order valence-electron chi connectivity index (χ4n) is 5.61. The summed E-state index contributed by atoms with van der Waals surface area (Å²) in [6.45, 7) is 11.5. The molecular formula is C42H42F6NO2PRuSb. The Morgan fingerprint density at radius 1 is 0.741 bits per heavy atom. The van der Waals surface area contributed by atoms with E-state index in [1.165, 1.54) is 38.2 Å². The predicted octanol–water partition coefficient (Wildman–Crippen LogP) is -9.59. The Balaban J connectivity index is -0.000000469. The minimum Gasteiger partial charge on any atom is -1.00 e. The molecule has 5 aromatic rings. The first-order valence-corrected chi connectivity index (χ1v) is 17.2. The summed E-state index contributed by atoms with van der Waals surface area (Å²) in [5.41, 5.74) is 7.13. The number of rotatable bonds is 6. The molecule has 2 atom stereocenters. The van der Waals surface area contributed by atoms with Crippen LogP contribution in [-0.4, -0.2) is 42.7 Å². The fraction of sp³-hybridized carbons (Fsp3) is 0.190. The predicted molar refractivity (Wildman–Crippen MR) is 201 cm³/mol. The van der Waals surface area contributed by atoms with E-state index >= 15 is 0 Å². The maximum absolute atomic E-state index is 9.41. The number of nitrogens with zero attached hydrogens (tertiary/aromatic N) is 1. The molecule has 12 heteroatoms. The van der Waals surface area contributed by atoms with Crippen molar-refractivity contribution < 1.29 is 57.2 Å². The zero-order valence-electron chi connectivity index (χ0n) is 30.2. The van der Waals surface area contributed by atoms with Crippen LogP contribution < -0.4 is 44.1 Å². The van der Waals surface area contributed by atoms with E-state index in [9.17, 15) is 4.79 Å². The number of allylic oxidation sites excluding steroid dienone is 1. The molecule has 0 unspecified atom stereocenters. The van der Waals surface area contributed by atoms with Crippen molar-refractivity contribution in [3.05, 3.63) is 173 Å². The number of halogens is 6. The average molecular weight is 961 g/mol. The molecule has 1 heterocycles. The van der Waals surface area contributed by atoms with Crippen LogP contribution in [0, 0.1) is 6.92 Å². The van der Waals surface area contributed by atoms with Crippen LogP contribution in [0.2, 0.25) is 0 Å². The van der Waals surface area contributed by atoms with Gasteiger partial charge in [0.25, 0.3) is 0 Å². The Kier molecular flexibility index (Phi) is 29.6. The molecule has 0 aromatic heterocycles. The van der Waals surface area contributed by atoms with Gasteiger partial charge in [0.1, 0.15) is 18.4 Å². The van der Waals surface area contributed by atoms with Crippen LogP contribution in [0.4, 0.5) is 0 Å². The molecule has 1 radical (unpaired) electrons. The maximum atomic E-state index is 9.41. The summed E-state index contributed by atoms with van der Waals surface area (Å²) in [6, 6.07) is 47.7. The molecular weight excluding hydrogens is 918 g/mol. The van der Waals surface area contributed by atoms with Crippen molar-refractivity contribution >= 4 is 60.4 Å². The zero-order chi connectivity index (χ0) is 32.5. The standard InChI is InChI=1S/C28H22NOP.C10H14.C4H6O.6FH.Ru.Sb/c1-3-12-21(13-4-1)31(22-14-5-2-6-15-22)26-18-10-9-17-24(26)28-29-27-23-16-8-7-11-20(23)19-25(27)30-28;1-8(2)10-6-4-9(3)5-7-10;1-4(2)3-5;;;;;;;;/h1-18,25,27H,19H2;4-8H,1-3H3;3H,1H2,2H3;6*1H;;/q;;;;;;;;;+1;+5/p-6/t25-,27+;;;;;;;;;;/m1........../s1. The van der Waals surface area contributed by atoms with Gasteiger partial charge in [-0.2, -0.15) is 0 Å². The van der Waals surface area contributed by atoms with Crippen molar-refractivity contribution in [2.45, 2.75) is 52.2 Å². The minimum atomic E-state index is -0.711. The molecule has 1 aliphatic heterocycles. The van der Waals surface area contributed by atoms with E-state index in [1.54, 1.807) is 6.92 Å². The molecule has 0 saturated carbocycles. The van der Waals surface area contributed by atoms with E-state index in [4.69, 9.17) is 9.73 Å². The Bertz CT molecular complexity index is 1780. The molecule has 1 aliphatic carbocycles. The van der Waals surface area contributed by atoms with Gasteiger partial charge < -0.3 is 33.0 Å². The second kappa shape index (κ2) is 27.9. The topological polar surface area (TPSA) is 38.7 Å². The van der Waals surface area contributed by atoms with Crippen LogP contribution in [0.1, 0.15) is 60.5 Å². The van der Waals surface area contributed by atoms with Gasteiger partial charge in [-0.1, -0.05) is 153 Å². The van der Waals surface area contributed by atoms with Gasteiger partial charge >= 0.3 is 43.9 Å². The van der Waals surface area contributed by atoms with Crippen molar-refractivity contribution in [2.24, 2.45) is 4.99 Å². The molecule has 287 valence electrons. The van der Waals surface area contributed by atoms with Gasteiger partial charge in [0.2, 0.25) is 5.90 Å². The van der Waals surface area contributed by atoms with Gasteiger partial charge in [-0.15, -0.1) is 0 Å². The van der Waals surface area contributed by atoms with E-state index in [1.807, 2.05) is 0 Å². The largest absolute Gasteiger partial charge is 5.00 e.